The Kier molecular flexibility index (Phi) is 3.61. The third kappa shape index (κ3) is 3.89. The molecule has 2 nitrogen and oxygen atoms in total. The molecular formula is C8H2F9NO. The summed E-state index contributed by atoms with van der Waals surface area (Å²) in [7, 11) is 0. The Bertz CT molecular complexity index is 459. The summed E-state index contributed by atoms with van der Waals surface area (Å²) >= 11 is 0. The predicted octanol–water partition coefficient (Wildman–Crippen LogP) is 4.02. The number of nitrogens with zero attached hydrogens (tertiary/aromatic N) is 1. The maximum atomic E-state index is 12.4. The van der Waals surface area contributed by atoms with Crippen molar-refractivity contribution < 1.29 is 44.3 Å². The summed E-state index contributed by atoms with van der Waals surface area (Å²) in [4.78, 5) is 2.41. The molecule has 19 heavy (non-hydrogen) atoms. The normalized spacial score (nSPS) is 13.5. The van der Waals surface area contributed by atoms with Gasteiger partial charge in [0, 0.05) is 6.20 Å². The van der Waals surface area contributed by atoms with Crippen LogP contribution in [0.15, 0.2) is 12.3 Å². The van der Waals surface area contributed by atoms with Crippen LogP contribution >= 0.6 is 0 Å². The van der Waals surface area contributed by atoms with E-state index in [1.54, 1.807) is 0 Å². The summed E-state index contributed by atoms with van der Waals surface area (Å²) in [6, 6.07) is 0.0472. The molecule has 108 valence electrons. The molecule has 0 aliphatic heterocycles. The summed E-state index contributed by atoms with van der Waals surface area (Å²) < 4.78 is 113. The topological polar surface area (TPSA) is 22.1 Å². The zero-order valence-corrected chi connectivity index (χ0v) is 8.41. The Labute approximate surface area is 98.3 Å². The average Bonchev–Trinajstić information content (AvgIpc) is 2.11. The smallest absolute Gasteiger partial charge is 0.405 e. The van der Waals surface area contributed by atoms with Crippen LogP contribution in [0.1, 0.15) is 11.3 Å². The molecule has 1 rings (SSSR count). The SMILES string of the molecule is FC(F)(F)Oc1ccnc(C(F)(F)F)c1C(F)(F)F. The minimum atomic E-state index is -5.71. The predicted molar refractivity (Wildman–Crippen MR) is 40.9 cm³/mol. The largest absolute Gasteiger partial charge is 0.573 e. The molecule has 0 aromatic carbocycles. The first kappa shape index (κ1) is 15.4. The highest BCUT2D eigenvalue weighted by Gasteiger charge is 2.48. The van der Waals surface area contributed by atoms with Crippen LogP contribution in [0.4, 0.5) is 39.5 Å². The van der Waals surface area contributed by atoms with E-state index in [2.05, 4.69) is 9.72 Å². The fourth-order valence-electron chi connectivity index (χ4n) is 1.14. The third-order valence-electron chi connectivity index (χ3n) is 1.69. The van der Waals surface area contributed by atoms with E-state index in [-0.39, 0.29) is 12.3 Å². The van der Waals surface area contributed by atoms with Crippen molar-refractivity contribution in [2.45, 2.75) is 18.7 Å². The first-order chi connectivity index (χ1) is 8.32. The van der Waals surface area contributed by atoms with E-state index in [9.17, 15) is 39.5 Å². The zero-order valence-electron chi connectivity index (χ0n) is 8.41. The molecular weight excluding hydrogens is 297 g/mol. The minimum absolute atomic E-state index is 0.0472. The van der Waals surface area contributed by atoms with Gasteiger partial charge in [0.15, 0.2) is 5.69 Å². The molecule has 0 saturated heterocycles. The molecule has 0 fully saturated rings. The quantitative estimate of drug-likeness (QED) is 0.731. The Balaban J connectivity index is 3.49. The molecule has 0 N–H and O–H groups in total. The number of alkyl halides is 9. The van der Waals surface area contributed by atoms with Crippen molar-refractivity contribution in [1.29, 1.82) is 0 Å². The van der Waals surface area contributed by atoms with Gasteiger partial charge in [0.05, 0.1) is 0 Å². The van der Waals surface area contributed by atoms with Crippen molar-refractivity contribution in [3.05, 3.63) is 23.5 Å². The van der Waals surface area contributed by atoms with Gasteiger partial charge in [-0.25, -0.2) is 0 Å². The molecule has 0 aliphatic carbocycles. The average molecular weight is 299 g/mol. The molecule has 0 spiro atoms. The lowest BCUT2D eigenvalue weighted by Gasteiger charge is -2.18. The number of ether oxygens (including phenoxy) is 1. The Morgan fingerprint density at radius 3 is 1.74 bits per heavy atom. The Morgan fingerprint density at radius 1 is 0.842 bits per heavy atom. The lowest BCUT2D eigenvalue weighted by atomic mass is 10.1. The number of hydrogen-bond acceptors (Lipinski definition) is 2. The summed E-state index contributed by atoms with van der Waals surface area (Å²) in [6.45, 7) is 0. The van der Waals surface area contributed by atoms with Crippen molar-refractivity contribution >= 4 is 0 Å². The first-order valence-electron chi connectivity index (χ1n) is 4.21. The lowest BCUT2D eigenvalue weighted by molar-refractivity contribution is -0.276. The van der Waals surface area contributed by atoms with Gasteiger partial charge in [-0.2, -0.15) is 26.3 Å². The highest BCUT2D eigenvalue weighted by molar-refractivity contribution is 5.39. The van der Waals surface area contributed by atoms with E-state index in [0.29, 0.717) is 0 Å². The first-order valence-corrected chi connectivity index (χ1v) is 4.21. The van der Waals surface area contributed by atoms with Crippen molar-refractivity contribution in [1.82, 2.24) is 4.98 Å². The van der Waals surface area contributed by atoms with Gasteiger partial charge in [-0.3, -0.25) is 4.98 Å². The van der Waals surface area contributed by atoms with Crippen molar-refractivity contribution in [3.8, 4) is 5.75 Å². The Morgan fingerprint density at radius 2 is 1.37 bits per heavy atom. The molecule has 11 heteroatoms. The second kappa shape index (κ2) is 4.46. The van der Waals surface area contributed by atoms with Gasteiger partial charge in [0.25, 0.3) is 0 Å². The van der Waals surface area contributed by atoms with Crippen LogP contribution < -0.4 is 4.74 Å². The highest BCUT2D eigenvalue weighted by Crippen LogP contribution is 2.44. The van der Waals surface area contributed by atoms with Crippen molar-refractivity contribution in [2.75, 3.05) is 0 Å². The summed E-state index contributed by atoms with van der Waals surface area (Å²) in [5.74, 6) is -2.01. The van der Waals surface area contributed by atoms with Crippen LogP contribution in [0.25, 0.3) is 0 Å². The molecule has 0 atom stereocenters. The van der Waals surface area contributed by atoms with Crippen LogP contribution in [-0.2, 0) is 12.4 Å². The van der Waals surface area contributed by atoms with Crippen LogP contribution in [0.5, 0.6) is 5.75 Å². The van der Waals surface area contributed by atoms with Crippen LogP contribution in [0.2, 0.25) is 0 Å². The van der Waals surface area contributed by atoms with Crippen LogP contribution in [0, 0.1) is 0 Å². The number of pyridine rings is 1. The van der Waals surface area contributed by atoms with E-state index in [0.717, 1.165) is 0 Å². The maximum Gasteiger partial charge on any atom is 0.573 e. The van der Waals surface area contributed by atoms with Gasteiger partial charge >= 0.3 is 18.7 Å². The lowest BCUT2D eigenvalue weighted by Crippen LogP contribution is -2.24. The van der Waals surface area contributed by atoms with Gasteiger partial charge in [0.1, 0.15) is 11.3 Å². The second-order valence-electron chi connectivity index (χ2n) is 3.08. The van der Waals surface area contributed by atoms with E-state index >= 15 is 0 Å². The number of hydrogen-bond donors (Lipinski definition) is 0. The maximum absolute atomic E-state index is 12.4. The minimum Gasteiger partial charge on any atom is -0.405 e. The van der Waals surface area contributed by atoms with Gasteiger partial charge in [-0.05, 0) is 6.07 Å². The van der Waals surface area contributed by atoms with Gasteiger partial charge < -0.3 is 4.74 Å². The fourth-order valence-corrected chi connectivity index (χ4v) is 1.14. The molecule has 1 aromatic rings. The zero-order chi connectivity index (χ0) is 15.1. The monoisotopic (exact) mass is 299 g/mol. The van der Waals surface area contributed by atoms with Crippen LogP contribution in [0.3, 0.4) is 0 Å². The third-order valence-corrected chi connectivity index (χ3v) is 1.69. The Hall–Kier alpha value is -1.68. The highest BCUT2D eigenvalue weighted by atomic mass is 19.4. The summed E-state index contributed by atoms with van der Waals surface area (Å²) in [5.41, 5.74) is -5.12. The second-order valence-corrected chi connectivity index (χ2v) is 3.08. The molecule has 1 aromatic heterocycles. The van der Waals surface area contributed by atoms with Gasteiger partial charge in [-0.1, -0.05) is 0 Å². The van der Waals surface area contributed by atoms with E-state index in [1.165, 1.54) is 0 Å². The van der Waals surface area contributed by atoms with E-state index < -0.39 is 35.7 Å². The summed E-state index contributed by atoms with van der Waals surface area (Å²) in [6.07, 6.45) is -16.7. The van der Waals surface area contributed by atoms with Crippen LogP contribution in [-0.4, -0.2) is 11.3 Å². The molecule has 0 aliphatic rings. The molecule has 0 unspecified atom stereocenters. The molecule has 0 radical (unpaired) electrons. The van der Waals surface area contributed by atoms with E-state index in [4.69, 9.17) is 0 Å². The summed E-state index contributed by atoms with van der Waals surface area (Å²) in [5, 5.41) is 0. The van der Waals surface area contributed by atoms with Gasteiger partial charge in [0.2, 0.25) is 0 Å². The van der Waals surface area contributed by atoms with Crippen molar-refractivity contribution in [3.63, 3.8) is 0 Å². The molecule has 0 bridgehead atoms. The number of aromatic nitrogens is 1. The fraction of sp³-hybridized carbons (Fsp3) is 0.375. The van der Waals surface area contributed by atoms with Crippen molar-refractivity contribution in [2.24, 2.45) is 0 Å². The van der Waals surface area contributed by atoms with Gasteiger partial charge in [-0.15, -0.1) is 13.2 Å². The molecule has 0 amide bonds. The molecule has 0 saturated carbocycles. The molecule has 1 heterocycles. The van der Waals surface area contributed by atoms with E-state index in [1.807, 2.05) is 0 Å². The number of rotatable bonds is 1. The standard InChI is InChI=1S/C8H2F9NO/c9-6(10,11)4-3(19-8(15,16)17)1-2-18-5(4)7(12,13)14/h1-2H. The number of halogens is 9.